The molecule has 7 heteroatoms. The van der Waals surface area contributed by atoms with Gasteiger partial charge in [0.05, 0.1) is 17.7 Å². The molecule has 0 aliphatic heterocycles. The Morgan fingerprint density at radius 3 is 2.94 bits per heavy atom. The van der Waals surface area contributed by atoms with Crippen molar-refractivity contribution in [3.05, 3.63) is 34.9 Å². The van der Waals surface area contributed by atoms with Crippen molar-refractivity contribution < 1.29 is 18.3 Å². The van der Waals surface area contributed by atoms with Crippen molar-refractivity contribution in [2.75, 3.05) is 7.11 Å². The zero-order chi connectivity index (χ0) is 12.4. The molecule has 17 heavy (non-hydrogen) atoms. The second kappa shape index (κ2) is 4.50. The molecular formula is C10H6ClFN2O3. The summed E-state index contributed by atoms with van der Waals surface area (Å²) in [5.41, 5.74) is 0.0279. The van der Waals surface area contributed by atoms with Gasteiger partial charge in [0.25, 0.3) is 5.89 Å². The number of rotatable bonds is 2. The van der Waals surface area contributed by atoms with Crippen LogP contribution >= 0.6 is 11.6 Å². The van der Waals surface area contributed by atoms with Crippen molar-refractivity contribution in [3.8, 4) is 11.5 Å². The van der Waals surface area contributed by atoms with Crippen LogP contribution in [0.3, 0.4) is 0 Å². The van der Waals surface area contributed by atoms with E-state index in [-0.39, 0.29) is 22.4 Å². The van der Waals surface area contributed by atoms with Gasteiger partial charge in [-0.2, -0.15) is 0 Å². The van der Waals surface area contributed by atoms with E-state index in [1.54, 1.807) is 0 Å². The Bertz CT molecular complexity index is 570. The molecule has 0 unspecified atom stereocenters. The number of halogens is 2. The predicted molar refractivity (Wildman–Crippen MR) is 56.0 cm³/mol. The molecule has 5 nitrogen and oxygen atoms in total. The van der Waals surface area contributed by atoms with Gasteiger partial charge in [-0.3, -0.25) is 0 Å². The lowest BCUT2D eigenvalue weighted by Gasteiger charge is -1.98. The molecule has 2 rings (SSSR count). The lowest BCUT2D eigenvalue weighted by Crippen LogP contribution is -2.00. The van der Waals surface area contributed by atoms with Crippen LogP contribution in [0.5, 0.6) is 0 Å². The quantitative estimate of drug-likeness (QED) is 0.772. The Morgan fingerprint density at radius 1 is 1.47 bits per heavy atom. The Hall–Kier alpha value is -1.95. The van der Waals surface area contributed by atoms with E-state index in [2.05, 4.69) is 14.9 Å². The van der Waals surface area contributed by atoms with Gasteiger partial charge in [0.2, 0.25) is 0 Å². The van der Waals surface area contributed by atoms with Gasteiger partial charge in [0, 0.05) is 0 Å². The molecule has 0 spiro atoms. The Labute approximate surface area is 100 Å². The zero-order valence-electron chi connectivity index (χ0n) is 8.61. The number of hydrogen-bond donors (Lipinski definition) is 0. The van der Waals surface area contributed by atoms with E-state index in [4.69, 9.17) is 16.0 Å². The van der Waals surface area contributed by atoms with Crippen molar-refractivity contribution in [2.24, 2.45) is 0 Å². The highest BCUT2D eigenvalue weighted by atomic mass is 35.5. The van der Waals surface area contributed by atoms with Gasteiger partial charge in [0.1, 0.15) is 0 Å². The van der Waals surface area contributed by atoms with Crippen molar-refractivity contribution in [3.63, 3.8) is 0 Å². The van der Waals surface area contributed by atoms with Crippen LogP contribution in [0, 0.1) is 5.82 Å². The van der Waals surface area contributed by atoms with Crippen LogP contribution in [0.15, 0.2) is 22.6 Å². The third-order valence-corrected chi connectivity index (χ3v) is 2.26. The number of methoxy groups -OCH3 is 1. The average molecular weight is 257 g/mol. The summed E-state index contributed by atoms with van der Waals surface area (Å²) in [6, 6.07) is 4.33. The molecule has 0 saturated heterocycles. The molecular weight excluding hydrogens is 251 g/mol. The Kier molecular flexibility index (Phi) is 3.06. The summed E-state index contributed by atoms with van der Waals surface area (Å²) >= 11 is 5.60. The minimum absolute atomic E-state index is 0.0279. The zero-order valence-corrected chi connectivity index (χ0v) is 9.36. The van der Waals surface area contributed by atoms with E-state index in [1.807, 2.05) is 0 Å². The topological polar surface area (TPSA) is 65.2 Å². The molecule has 0 amide bonds. The summed E-state index contributed by atoms with van der Waals surface area (Å²) < 4.78 is 23.0. The summed E-state index contributed by atoms with van der Waals surface area (Å²) in [5.74, 6) is -1.95. The van der Waals surface area contributed by atoms with Gasteiger partial charge >= 0.3 is 11.9 Å². The number of carbonyl (C=O) groups excluding carboxylic acids is 1. The van der Waals surface area contributed by atoms with Gasteiger partial charge in [-0.1, -0.05) is 17.7 Å². The first kappa shape index (κ1) is 11.5. The first-order chi connectivity index (χ1) is 8.13. The van der Waals surface area contributed by atoms with Crippen molar-refractivity contribution in [1.29, 1.82) is 0 Å². The molecule has 1 aromatic carbocycles. The maximum atomic E-state index is 13.6. The molecule has 0 fully saturated rings. The standard InChI is InChI=1S/C10H6ClFN2O3/c1-16-10(15)9-14-13-8(17-9)5-3-2-4-6(11)7(5)12/h2-4H,1H3. The summed E-state index contributed by atoms with van der Waals surface area (Å²) in [5, 5.41) is 6.91. The fourth-order valence-electron chi connectivity index (χ4n) is 1.17. The molecule has 1 heterocycles. The second-order valence-electron chi connectivity index (χ2n) is 3.01. The van der Waals surface area contributed by atoms with Crippen LogP contribution in [-0.2, 0) is 4.74 Å². The molecule has 0 bridgehead atoms. The van der Waals surface area contributed by atoms with Crippen LogP contribution in [0.25, 0.3) is 11.5 Å². The monoisotopic (exact) mass is 256 g/mol. The largest absolute Gasteiger partial charge is 0.462 e. The molecule has 0 radical (unpaired) electrons. The van der Waals surface area contributed by atoms with Crippen LogP contribution in [-0.4, -0.2) is 23.3 Å². The molecule has 0 N–H and O–H groups in total. The summed E-state index contributed by atoms with van der Waals surface area (Å²) in [7, 11) is 1.17. The van der Waals surface area contributed by atoms with Crippen molar-refractivity contribution in [2.45, 2.75) is 0 Å². The Balaban J connectivity index is 2.44. The lowest BCUT2D eigenvalue weighted by molar-refractivity contribution is 0.0556. The van der Waals surface area contributed by atoms with E-state index in [9.17, 15) is 9.18 Å². The number of benzene rings is 1. The summed E-state index contributed by atoms with van der Waals surface area (Å²) in [4.78, 5) is 11.1. The van der Waals surface area contributed by atoms with Gasteiger partial charge in [-0.25, -0.2) is 9.18 Å². The number of esters is 1. The molecule has 88 valence electrons. The van der Waals surface area contributed by atoms with E-state index in [1.165, 1.54) is 25.3 Å². The molecule has 1 aromatic heterocycles. The highest BCUT2D eigenvalue weighted by molar-refractivity contribution is 6.31. The van der Waals surface area contributed by atoms with Crippen LogP contribution < -0.4 is 0 Å². The highest BCUT2D eigenvalue weighted by Crippen LogP contribution is 2.26. The fourth-order valence-corrected chi connectivity index (χ4v) is 1.35. The summed E-state index contributed by atoms with van der Waals surface area (Å²) in [6.07, 6.45) is 0. The average Bonchev–Trinajstić information content (AvgIpc) is 2.81. The molecule has 0 aliphatic carbocycles. The SMILES string of the molecule is COC(=O)c1nnc(-c2cccc(Cl)c2F)o1. The maximum Gasteiger partial charge on any atom is 0.396 e. The summed E-state index contributed by atoms with van der Waals surface area (Å²) in [6.45, 7) is 0. The van der Waals surface area contributed by atoms with Crippen molar-refractivity contribution >= 4 is 17.6 Å². The van der Waals surface area contributed by atoms with E-state index in [0.29, 0.717) is 0 Å². The van der Waals surface area contributed by atoms with Gasteiger partial charge in [-0.15, -0.1) is 10.2 Å². The van der Waals surface area contributed by atoms with E-state index < -0.39 is 11.8 Å². The molecule has 2 aromatic rings. The second-order valence-corrected chi connectivity index (χ2v) is 3.41. The Morgan fingerprint density at radius 2 is 2.24 bits per heavy atom. The third kappa shape index (κ3) is 2.12. The normalized spacial score (nSPS) is 10.3. The van der Waals surface area contributed by atoms with Crippen LogP contribution in [0.1, 0.15) is 10.7 Å². The number of aromatic nitrogens is 2. The molecule has 0 aliphatic rings. The van der Waals surface area contributed by atoms with Crippen LogP contribution in [0.4, 0.5) is 4.39 Å². The molecule has 0 saturated carbocycles. The number of ether oxygens (including phenoxy) is 1. The van der Waals surface area contributed by atoms with Crippen molar-refractivity contribution in [1.82, 2.24) is 10.2 Å². The van der Waals surface area contributed by atoms with E-state index >= 15 is 0 Å². The lowest BCUT2D eigenvalue weighted by atomic mass is 10.2. The minimum Gasteiger partial charge on any atom is -0.462 e. The van der Waals surface area contributed by atoms with Gasteiger partial charge < -0.3 is 9.15 Å². The first-order valence-electron chi connectivity index (χ1n) is 4.49. The number of nitrogens with zero attached hydrogens (tertiary/aromatic N) is 2. The highest BCUT2D eigenvalue weighted by Gasteiger charge is 2.19. The third-order valence-electron chi connectivity index (χ3n) is 1.97. The smallest absolute Gasteiger partial charge is 0.396 e. The van der Waals surface area contributed by atoms with E-state index in [0.717, 1.165) is 0 Å². The number of hydrogen-bond acceptors (Lipinski definition) is 5. The van der Waals surface area contributed by atoms with Gasteiger partial charge in [-0.05, 0) is 12.1 Å². The molecule has 0 atom stereocenters. The van der Waals surface area contributed by atoms with Crippen LogP contribution in [0.2, 0.25) is 5.02 Å². The maximum absolute atomic E-state index is 13.6. The van der Waals surface area contributed by atoms with Gasteiger partial charge in [0.15, 0.2) is 5.82 Å². The minimum atomic E-state index is -0.786. The number of carbonyl (C=O) groups is 1. The first-order valence-corrected chi connectivity index (χ1v) is 4.87. The fraction of sp³-hybridized carbons (Fsp3) is 0.100. The predicted octanol–water partition coefficient (Wildman–Crippen LogP) is 2.32.